The van der Waals surface area contributed by atoms with E-state index in [1.807, 2.05) is 0 Å². The van der Waals surface area contributed by atoms with Crippen molar-refractivity contribution in [1.82, 2.24) is 5.32 Å². The van der Waals surface area contributed by atoms with E-state index in [2.05, 4.69) is 19.2 Å². The van der Waals surface area contributed by atoms with Gasteiger partial charge in [-0.25, -0.2) is 0 Å². The highest BCUT2D eigenvalue weighted by Gasteiger charge is 2.34. The van der Waals surface area contributed by atoms with E-state index in [9.17, 15) is 19.5 Å². The molecule has 0 saturated heterocycles. The van der Waals surface area contributed by atoms with Crippen LogP contribution in [0, 0.1) is 23.7 Å². The van der Waals surface area contributed by atoms with E-state index < -0.39 is 24.0 Å². The maximum absolute atomic E-state index is 12.9. The van der Waals surface area contributed by atoms with E-state index in [1.54, 1.807) is 13.8 Å². The number of ketones is 2. The van der Waals surface area contributed by atoms with E-state index >= 15 is 0 Å². The summed E-state index contributed by atoms with van der Waals surface area (Å²) in [5.74, 6) is -1.40. The largest absolute Gasteiger partial charge is 0.393 e. The number of nitrogens with one attached hydrogen (secondary N) is 1. The summed E-state index contributed by atoms with van der Waals surface area (Å²) in [7, 11) is 0. The lowest BCUT2D eigenvalue weighted by Gasteiger charge is -2.30. The summed E-state index contributed by atoms with van der Waals surface area (Å²) in [5.41, 5.74) is 5.59. The Bertz CT molecular complexity index is 562. The van der Waals surface area contributed by atoms with E-state index in [-0.39, 0.29) is 42.5 Å². The van der Waals surface area contributed by atoms with Crippen LogP contribution in [-0.2, 0) is 19.1 Å². The van der Waals surface area contributed by atoms with Gasteiger partial charge in [0, 0.05) is 24.9 Å². The quantitative estimate of drug-likeness (QED) is 0.416. The van der Waals surface area contributed by atoms with Crippen LogP contribution in [0.2, 0.25) is 0 Å². The Labute approximate surface area is 181 Å². The van der Waals surface area contributed by atoms with Gasteiger partial charge in [0.15, 0.2) is 5.78 Å². The summed E-state index contributed by atoms with van der Waals surface area (Å²) in [5, 5.41) is 12.9. The molecule has 7 nitrogen and oxygen atoms in total. The standard InChI is InChI=1S/C23H42N2O5/c1-14(2)13-30-18-8-6-7-17(11-18)21(27)12-19(16(5)26)23(29)25-20(9-10-24)22(28)15(3)4/h14-20,26H,6-13,24H2,1-5H3,(H,25,29)/t16-,17?,18?,19-,20-/m0/s1. The number of hydrogen-bond donors (Lipinski definition) is 3. The molecular formula is C23H42N2O5. The van der Waals surface area contributed by atoms with Gasteiger partial charge in [0.2, 0.25) is 5.91 Å². The number of hydrogen-bond acceptors (Lipinski definition) is 6. The molecule has 4 N–H and O–H groups in total. The Kier molecular flexibility index (Phi) is 11.7. The molecule has 1 aliphatic rings. The molecule has 1 fully saturated rings. The number of carbonyl (C=O) groups is 3. The van der Waals surface area contributed by atoms with E-state index in [0.717, 1.165) is 19.3 Å². The minimum Gasteiger partial charge on any atom is -0.393 e. The molecule has 0 aromatic heterocycles. The summed E-state index contributed by atoms with van der Waals surface area (Å²) in [6, 6.07) is -0.692. The minimum atomic E-state index is -0.988. The smallest absolute Gasteiger partial charge is 0.226 e. The van der Waals surface area contributed by atoms with Gasteiger partial charge < -0.3 is 20.9 Å². The van der Waals surface area contributed by atoms with Crippen LogP contribution in [0.15, 0.2) is 0 Å². The van der Waals surface area contributed by atoms with Gasteiger partial charge in [0.1, 0.15) is 5.78 Å². The number of nitrogens with two attached hydrogens (primary N) is 1. The fourth-order valence-corrected chi connectivity index (χ4v) is 3.92. The first kappa shape index (κ1) is 26.7. The topological polar surface area (TPSA) is 119 Å². The van der Waals surface area contributed by atoms with Crippen molar-refractivity contribution in [3.05, 3.63) is 0 Å². The highest BCUT2D eigenvalue weighted by molar-refractivity contribution is 5.93. The van der Waals surface area contributed by atoms with Crippen molar-refractivity contribution in [3.8, 4) is 0 Å². The molecule has 30 heavy (non-hydrogen) atoms. The van der Waals surface area contributed by atoms with Gasteiger partial charge in [-0.1, -0.05) is 34.1 Å². The van der Waals surface area contributed by atoms with Crippen molar-refractivity contribution in [2.75, 3.05) is 13.2 Å². The number of Topliss-reactive ketones (excluding diaryl/α,β-unsaturated/α-hetero) is 2. The molecule has 1 aliphatic carbocycles. The molecule has 5 atom stereocenters. The SMILES string of the molecule is CC(C)COC1CCCC(C(=O)C[C@H](C(=O)N[C@@H](CCN)C(=O)C(C)C)[C@H](C)O)C1. The molecule has 0 aromatic carbocycles. The molecule has 0 aromatic rings. The monoisotopic (exact) mass is 426 g/mol. The molecule has 0 radical (unpaired) electrons. The normalized spacial score (nSPS) is 22.6. The van der Waals surface area contributed by atoms with Gasteiger partial charge in [-0.2, -0.15) is 0 Å². The second-order valence-electron chi connectivity index (χ2n) is 9.43. The van der Waals surface area contributed by atoms with Crippen LogP contribution < -0.4 is 11.1 Å². The molecule has 2 unspecified atom stereocenters. The molecule has 0 spiro atoms. The summed E-state index contributed by atoms with van der Waals surface area (Å²) in [6.45, 7) is 10.2. The number of aliphatic hydroxyl groups excluding tert-OH is 1. The fraction of sp³-hybridized carbons (Fsp3) is 0.870. The third kappa shape index (κ3) is 8.82. The lowest BCUT2D eigenvalue weighted by molar-refractivity contribution is -0.137. The van der Waals surface area contributed by atoms with Crippen LogP contribution in [0.3, 0.4) is 0 Å². The predicted octanol–water partition coefficient (Wildman–Crippen LogP) is 2.23. The highest BCUT2D eigenvalue weighted by atomic mass is 16.5. The second-order valence-corrected chi connectivity index (χ2v) is 9.43. The summed E-state index contributed by atoms with van der Waals surface area (Å²) < 4.78 is 5.92. The van der Waals surface area contributed by atoms with Gasteiger partial charge in [-0.15, -0.1) is 0 Å². The number of carbonyl (C=O) groups excluding carboxylic acids is 3. The lowest BCUT2D eigenvalue weighted by atomic mass is 9.80. The molecule has 0 heterocycles. The third-order valence-electron chi connectivity index (χ3n) is 5.77. The van der Waals surface area contributed by atoms with E-state index in [0.29, 0.717) is 25.4 Å². The van der Waals surface area contributed by atoms with Crippen molar-refractivity contribution in [1.29, 1.82) is 0 Å². The third-order valence-corrected chi connectivity index (χ3v) is 5.77. The molecular weight excluding hydrogens is 384 g/mol. The average Bonchev–Trinajstić information content (AvgIpc) is 2.69. The predicted molar refractivity (Wildman–Crippen MR) is 117 cm³/mol. The zero-order valence-corrected chi connectivity index (χ0v) is 19.4. The number of aliphatic hydroxyl groups is 1. The maximum Gasteiger partial charge on any atom is 0.226 e. The second kappa shape index (κ2) is 13.2. The number of ether oxygens (including phenoxy) is 1. The first-order chi connectivity index (χ1) is 14.1. The number of amides is 1. The van der Waals surface area contributed by atoms with E-state index in [1.165, 1.54) is 6.92 Å². The van der Waals surface area contributed by atoms with Crippen LogP contribution in [0.5, 0.6) is 0 Å². The van der Waals surface area contributed by atoms with Crippen LogP contribution in [0.4, 0.5) is 0 Å². The van der Waals surface area contributed by atoms with Crippen molar-refractivity contribution < 1.29 is 24.2 Å². The Hall–Kier alpha value is -1.31. The highest BCUT2D eigenvalue weighted by Crippen LogP contribution is 2.29. The zero-order valence-electron chi connectivity index (χ0n) is 19.4. The van der Waals surface area contributed by atoms with Gasteiger partial charge in [0.05, 0.1) is 24.2 Å². The lowest BCUT2D eigenvalue weighted by Crippen LogP contribution is -2.48. The zero-order chi connectivity index (χ0) is 22.8. The van der Waals surface area contributed by atoms with E-state index in [4.69, 9.17) is 10.5 Å². The minimum absolute atomic E-state index is 0.0144. The van der Waals surface area contributed by atoms with Crippen molar-refractivity contribution in [3.63, 3.8) is 0 Å². The molecule has 0 aliphatic heterocycles. The molecule has 1 rings (SSSR count). The summed E-state index contributed by atoms with van der Waals surface area (Å²) >= 11 is 0. The molecule has 1 amide bonds. The van der Waals surface area contributed by atoms with Crippen molar-refractivity contribution in [2.24, 2.45) is 29.4 Å². The first-order valence-electron chi connectivity index (χ1n) is 11.4. The fourth-order valence-electron chi connectivity index (χ4n) is 3.92. The van der Waals surface area contributed by atoms with Gasteiger partial charge in [-0.05, 0) is 45.1 Å². The van der Waals surface area contributed by atoms with Crippen LogP contribution >= 0.6 is 0 Å². The molecule has 1 saturated carbocycles. The molecule has 174 valence electrons. The molecule has 7 heteroatoms. The van der Waals surface area contributed by atoms with Gasteiger partial charge in [0.25, 0.3) is 0 Å². The van der Waals surface area contributed by atoms with Crippen molar-refractivity contribution >= 4 is 17.5 Å². The van der Waals surface area contributed by atoms with Crippen LogP contribution in [0.1, 0.15) is 73.1 Å². The molecule has 0 bridgehead atoms. The summed E-state index contributed by atoms with van der Waals surface area (Å²) in [4.78, 5) is 38.1. The Morgan fingerprint density at radius 3 is 2.33 bits per heavy atom. The van der Waals surface area contributed by atoms with Gasteiger partial charge >= 0.3 is 0 Å². The number of rotatable bonds is 13. The van der Waals surface area contributed by atoms with Crippen molar-refractivity contribution in [2.45, 2.75) is 91.4 Å². The average molecular weight is 427 g/mol. The maximum atomic E-state index is 12.9. The first-order valence-corrected chi connectivity index (χ1v) is 11.4. The Balaban J connectivity index is 2.74. The Morgan fingerprint density at radius 2 is 1.80 bits per heavy atom. The summed E-state index contributed by atoms with van der Waals surface area (Å²) in [6.07, 6.45) is 2.72. The Morgan fingerprint density at radius 1 is 1.13 bits per heavy atom. The van der Waals surface area contributed by atoms with Crippen LogP contribution in [0.25, 0.3) is 0 Å². The van der Waals surface area contributed by atoms with Gasteiger partial charge in [-0.3, -0.25) is 14.4 Å². The van der Waals surface area contributed by atoms with Crippen LogP contribution in [-0.4, -0.2) is 54.0 Å².